The molecule has 0 saturated heterocycles. The number of ether oxygens (including phenoxy) is 5. The van der Waals surface area contributed by atoms with Crippen LogP contribution in [0.25, 0.3) is 11.4 Å². The molecular formula is C28H20F16N2O5. The Hall–Kier alpha value is -4.12. The Morgan fingerprint density at radius 3 is 1.67 bits per heavy atom. The fourth-order valence-corrected chi connectivity index (χ4v) is 3.44. The summed E-state index contributed by atoms with van der Waals surface area (Å²) in [5.74, 6) is -15.2. The van der Waals surface area contributed by atoms with Gasteiger partial charge in [-0.25, -0.2) is 23.8 Å². The first-order valence-corrected chi connectivity index (χ1v) is 13.5. The maximum Gasteiger partial charge on any atom is 0.460 e. The van der Waals surface area contributed by atoms with E-state index >= 15 is 0 Å². The lowest BCUT2D eigenvalue weighted by Crippen LogP contribution is -2.64. The Kier molecular flexibility index (Phi) is 12.3. The lowest BCUT2D eigenvalue weighted by Gasteiger charge is -2.36. The average molecular weight is 768 g/mol. The minimum atomic E-state index is -7.97. The van der Waals surface area contributed by atoms with E-state index in [1.807, 2.05) is 30.3 Å². The van der Waals surface area contributed by atoms with Gasteiger partial charge in [-0.2, -0.15) is 65.9 Å². The van der Waals surface area contributed by atoms with E-state index in [1.54, 1.807) is 0 Å². The van der Waals surface area contributed by atoms with E-state index in [9.17, 15) is 70.2 Å². The molecule has 1 aromatic heterocycles. The van der Waals surface area contributed by atoms with Crippen molar-refractivity contribution >= 4 is 0 Å². The number of benzene rings is 2. The molecule has 3 aromatic rings. The maximum absolute atomic E-state index is 14.1. The van der Waals surface area contributed by atoms with Crippen molar-refractivity contribution in [1.82, 2.24) is 9.97 Å². The van der Waals surface area contributed by atoms with Crippen LogP contribution in [-0.4, -0.2) is 78.4 Å². The smallest absolute Gasteiger partial charge is 0.460 e. The van der Waals surface area contributed by atoms with Gasteiger partial charge < -0.3 is 14.2 Å². The highest BCUT2D eigenvalue weighted by molar-refractivity contribution is 5.56. The van der Waals surface area contributed by atoms with Crippen LogP contribution in [0.4, 0.5) is 70.2 Å². The van der Waals surface area contributed by atoms with Crippen LogP contribution in [0.3, 0.4) is 0 Å². The highest BCUT2D eigenvalue weighted by Gasteiger charge is 2.85. The largest absolute Gasteiger partial charge is 0.490 e. The normalized spacial score (nSPS) is 14.4. The minimum absolute atomic E-state index is 0.00451. The van der Waals surface area contributed by atoms with Crippen LogP contribution in [0.2, 0.25) is 0 Å². The molecule has 0 bridgehead atoms. The molecule has 0 saturated carbocycles. The number of halogens is 16. The van der Waals surface area contributed by atoms with Gasteiger partial charge in [-0.3, -0.25) is 0 Å². The van der Waals surface area contributed by atoms with Crippen LogP contribution in [-0.2, 0) is 20.8 Å². The first-order chi connectivity index (χ1) is 23.3. The van der Waals surface area contributed by atoms with Gasteiger partial charge in [0.1, 0.15) is 25.6 Å². The first kappa shape index (κ1) is 41.3. The van der Waals surface area contributed by atoms with Gasteiger partial charge >= 0.3 is 42.5 Å². The van der Waals surface area contributed by atoms with Crippen molar-refractivity contribution in [2.24, 2.45) is 0 Å². The summed E-state index contributed by atoms with van der Waals surface area (Å²) in [6.07, 6.45) is -35.0. The molecule has 1 heterocycles. The molecule has 284 valence electrons. The number of rotatable bonds is 18. The van der Waals surface area contributed by atoms with E-state index in [-0.39, 0.29) is 18.2 Å². The van der Waals surface area contributed by atoms with Gasteiger partial charge in [0.2, 0.25) is 0 Å². The monoisotopic (exact) mass is 768 g/mol. The molecule has 0 aliphatic carbocycles. The fraction of sp³-hybridized carbons (Fsp3) is 0.429. The molecule has 1 atom stereocenters. The Labute approximate surface area is 275 Å². The molecule has 0 N–H and O–H groups in total. The standard InChI is InChI=1S/C28H20F16N2O5/c29-18(14-49-19-8-6-17(7-9-19)21-45-10-20(11-46-21)48-12-16-4-2-1-3-5-16)13-47-15-22(30,31)50-27(41,42)28(43,44)51-26(39,40)24(34,35)23(32,33)25(36,37)38/h1-11,18H,12-15H2/t18-/m1/s1. The molecule has 0 fully saturated rings. The third-order valence-corrected chi connectivity index (χ3v) is 5.98. The van der Waals surface area contributed by atoms with Crippen molar-refractivity contribution in [2.75, 3.05) is 19.8 Å². The van der Waals surface area contributed by atoms with E-state index < -0.39 is 68.4 Å². The van der Waals surface area contributed by atoms with Crippen molar-refractivity contribution < 1.29 is 93.9 Å². The molecule has 0 aliphatic heterocycles. The highest BCUT2D eigenvalue weighted by Crippen LogP contribution is 2.56. The molecule has 0 radical (unpaired) electrons. The van der Waals surface area contributed by atoms with Crippen molar-refractivity contribution in [2.45, 2.75) is 55.2 Å². The predicted octanol–water partition coefficient (Wildman–Crippen LogP) is 8.69. The van der Waals surface area contributed by atoms with Crippen molar-refractivity contribution in [3.8, 4) is 22.9 Å². The maximum atomic E-state index is 14.1. The molecule has 0 unspecified atom stereocenters. The zero-order valence-electron chi connectivity index (χ0n) is 24.7. The summed E-state index contributed by atoms with van der Waals surface area (Å²) in [4.78, 5) is 8.30. The quantitative estimate of drug-likeness (QED) is 0.120. The van der Waals surface area contributed by atoms with Gasteiger partial charge in [0, 0.05) is 5.56 Å². The Morgan fingerprint density at radius 1 is 0.569 bits per heavy atom. The van der Waals surface area contributed by atoms with E-state index in [1.165, 1.54) is 41.4 Å². The summed E-state index contributed by atoms with van der Waals surface area (Å²) >= 11 is 0. The number of hydrogen-bond donors (Lipinski definition) is 0. The van der Waals surface area contributed by atoms with Crippen LogP contribution in [0.15, 0.2) is 67.0 Å². The van der Waals surface area contributed by atoms with Crippen molar-refractivity contribution in [1.29, 1.82) is 0 Å². The lowest BCUT2D eigenvalue weighted by atomic mass is 10.1. The molecule has 2 aromatic carbocycles. The van der Waals surface area contributed by atoms with E-state index in [0.29, 0.717) is 11.3 Å². The molecule has 0 spiro atoms. The third kappa shape index (κ3) is 10.2. The number of nitrogens with zero attached hydrogens (tertiary/aromatic N) is 2. The topological polar surface area (TPSA) is 71.9 Å². The second-order valence-electron chi connectivity index (χ2n) is 10.0. The van der Waals surface area contributed by atoms with Crippen molar-refractivity contribution in [3.63, 3.8) is 0 Å². The summed E-state index contributed by atoms with van der Waals surface area (Å²) in [5, 5.41) is 0. The number of hydrogen-bond acceptors (Lipinski definition) is 7. The molecule has 7 nitrogen and oxygen atoms in total. The minimum Gasteiger partial charge on any atom is -0.490 e. The van der Waals surface area contributed by atoms with Crippen LogP contribution < -0.4 is 9.47 Å². The van der Waals surface area contributed by atoms with E-state index in [0.717, 1.165) is 5.56 Å². The summed E-state index contributed by atoms with van der Waals surface area (Å²) in [6, 6.07) is 14.7. The van der Waals surface area contributed by atoms with Gasteiger partial charge in [0.05, 0.1) is 19.0 Å². The average Bonchev–Trinajstić information content (AvgIpc) is 3.02. The predicted molar refractivity (Wildman–Crippen MR) is 137 cm³/mol. The van der Waals surface area contributed by atoms with E-state index in [2.05, 4.69) is 19.4 Å². The van der Waals surface area contributed by atoms with Crippen LogP contribution in [0.5, 0.6) is 11.5 Å². The number of aromatic nitrogens is 2. The molecule has 3 rings (SSSR count). The Balaban J connectivity index is 1.47. The SMILES string of the molecule is F[C@H](COCC(F)(F)OC(F)(F)C(F)(F)OC(F)(F)C(F)(F)C(F)(F)C(F)(F)F)COc1ccc(-c2ncc(OCc3ccccc3)cn2)cc1. The van der Waals surface area contributed by atoms with Gasteiger partial charge in [-0.1, -0.05) is 30.3 Å². The van der Waals surface area contributed by atoms with Gasteiger partial charge in [0.25, 0.3) is 0 Å². The van der Waals surface area contributed by atoms with E-state index in [4.69, 9.17) is 9.47 Å². The second kappa shape index (κ2) is 15.2. The summed E-state index contributed by atoms with van der Waals surface area (Å²) in [7, 11) is 0. The lowest BCUT2D eigenvalue weighted by molar-refractivity contribution is -0.543. The number of alkyl halides is 16. The molecule has 23 heteroatoms. The first-order valence-electron chi connectivity index (χ1n) is 13.5. The van der Waals surface area contributed by atoms with Crippen LogP contribution >= 0.6 is 0 Å². The fourth-order valence-electron chi connectivity index (χ4n) is 3.44. The Bertz CT molecular complexity index is 1540. The summed E-state index contributed by atoms with van der Waals surface area (Å²) in [6.45, 7) is -4.65. The summed E-state index contributed by atoms with van der Waals surface area (Å²) < 4.78 is 228. The van der Waals surface area contributed by atoms with Gasteiger partial charge in [-0.15, -0.1) is 0 Å². The zero-order valence-corrected chi connectivity index (χ0v) is 24.7. The van der Waals surface area contributed by atoms with Crippen LogP contribution in [0.1, 0.15) is 5.56 Å². The second-order valence-corrected chi connectivity index (χ2v) is 10.0. The molecule has 51 heavy (non-hydrogen) atoms. The molecule has 0 amide bonds. The highest BCUT2D eigenvalue weighted by atomic mass is 19.4. The van der Waals surface area contributed by atoms with Gasteiger partial charge in [-0.05, 0) is 29.8 Å². The summed E-state index contributed by atoms with van der Waals surface area (Å²) in [5.41, 5.74) is 1.37. The van der Waals surface area contributed by atoms with Crippen LogP contribution in [0, 0.1) is 0 Å². The van der Waals surface area contributed by atoms with Crippen molar-refractivity contribution in [3.05, 3.63) is 72.6 Å². The van der Waals surface area contributed by atoms with Gasteiger partial charge in [0.15, 0.2) is 17.7 Å². The Morgan fingerprint density at radius 2 is 1.12 bits per heavy atom. The molecular weight excluding hydrogens is 748 g/mol. The third-order valence-electron chi connectivity index (χ3n) is 5.98. The zero-order chi connectivity index (χ0) is 38.5. The molecule has 0 aliphatic rings.